The molecule has 1 aliphatic heterocycles. The van der Waals surface area contributed by atoms with E-state index < -0.39 is 6.04 Å². The van der Waals surface area contributed by atoms with Gasteiger partial charge in [0.2, 0.25) is 17.7 Å². The van der Waals surface area contributed by atoms with Crippen LogP contribution in [0.3, 0.4) is 0 Å². The monoisotopic (exact) mass is 327 g/mol. The fourth-order valence-corrected chi connectivity index (χ4v) is 2.97. The minimum Gasteiger partial charge on any atom is -0.481 e. The van der Waals surface area contributed by atoms with Crippen molar-refractivity contribution >= 4 is 11.9 Å². The molecule has 1 atom stereocenters. The Kier molecular flexibility index (Phi) is 4.90. The topological polar surface area (TPSA) is 84.6 Å². The summed E-state index contributed by atoms with van der Waals surface area (Å²) in [7, 11) is 1.58. The molecule has 0 saturated carbocycles. The summed E-state index contributed by atoms with van der Waals surface area (Å²) in [5.74, 6) is 0.860. The summed E-state index contributed by atoms with van der Waals surface area (Å²) in [5.41, 5.74) is 6.57. The zero-order chi connectivity index (χ0) is 16.9. The second-order valence-electron chi connectivity index (χ2n) is 5.64. The van der Waals surface area contributed by atoms with Crippen LogP contribution in [-0.4, -0.2) is 54.1 Å². The molecule has 3 rings (SSSR count). The number of carbonyl (C=O) groups is 1. The molecule has 126 valence electrons. The number of nitrogens with zero attached hydrogens (tertiary/aromatic N) is 4. The molecule has 1 aromatic heterocycles. The summed E-state index contributed by atoms with van der Waals surface area (Å²) < 4.78 is 5.14. The molecule has 0 radical (unpaired) electrons. The fraction of sp³-hybridized carbons (Fsp3) is 0.353. The molecule has 7 heteroatoms. The van der Waals surface area contributed by atoms with Gasteiger partial charge in [0.15, 0.2) is 0 Å². The second-order valence-corrected chi connectivity index (χ2v) is 5.64. The number of hydrogen-bond donors (Lipinski definition) is 1. The Labute approximate surface area is 141 Å². The third-order valence-electron chi connectivity index (χ3n) is 4.17. The van der Waals surface area contributed by atoms with Gasteiger partial charge in [-0.15, -0.1) is 0 Å². The van der Waals surface area contributed by atoms with Gasteiger partial charge in [-0.25, -0.2) is 4.98 Å². The van der Waals surface area contributed by atoms with E-state index >= 15 is 0 Å². The molecule has 1 saturated heterocycles. The molecule has 0 spiro atoms. The first-order chi connectivity index (χ1) is 11.7. The number of piperazine rings is 1. The molecular weight excluding hydrogens is 306 g/mol. The van der Waals surface area contributed by atoms with Crippen LogP contribution < -0.4 is 15.4 Å². The van der Waals surface area contributed by atoms with Crippen molar-refractivity contribution in [3.8, 4) is 5.88 Å². The number of hydrogen-bond acceptors (Lipinski definition) is 6. The molecule has 0 aliphatic carbocycles. The molecule has 24 heavy (non-hydrogen) atoms. The van der Waals surface area contributed by atoms with E-state index in [4.69, 9.17) is 10.5 Å². The molecule has 1 fully saturated rings. The van der Waals surface area contributed by atoms with Crippen molar-refractivity contribution in [2.75, 3.05) is 38.2 Å². The first-order valence-corrected chi connectivity index (χ1v) is 7.89. The molecule has 2 aromatic rings. The third-order valence-corrected chi connectivity index (χ3v) is 4.17. The van der Waals surface area contributed by atoms with Gasteiger partial charge in [0.25, 0.3) is 0 Å². The number of benzene rings is 1. The van der Waals surface area contributed by atoms with E-state index in [-0.39, 0.29) is 5.91 Å². The third kappa shape index (κ3) is 3.46. The van der Waals surface area contributed by atoms with E-state index in [2.05, 4.69) is 19.8 Å². The van der Waals surface area contributed by atoms with Crippen molar-refractivity contribution < 1.29 is 9.53 Å². The normalized spacial score (nSPS) is 16.6. The highest BCUT2D eigenvalue weighted by molar-refractivity contribution is 5.81. The van der Waals surface area contributed by atoms with Crippen molar-refractivity contribution in [3.05, 3.63) is 48.2 Å². The summed E-state index contributed by atoms with van der Waals surface area (Å²) in [4.78, 5) is 24.8. The number of carbonyl (C=O) groups excluding carboxylic acids is 1. The molecule has 0 bridgehead atoms. The van der Waals surface area contributed by atoms with Crippen LogP contribution in [-0.2, 0) is 4.79 Å². The predicted octanol–water partition coefficient (Wildman–Crippen LogP) is 0.834. The highest BCUT2D eigenvalue weighted by Crippen LogP contribution is 2.23. The Bertz CT molecular complexity index is 686. The Morgan fingerprint density at radius 1 is 1.17 bits per heavy atom. The summed E-state index contributed by atoms with van der Waals surface area (Å²) in [6.07, 6.45) is 1.68. The smallest absolute Gasteiger partial charge is 0.239 e. The van der Waals surface area contributed by atoms with Crippen molar-refractivity contribution in [2.45, 2.75) is 6.04 Å². The summed E-state index contributed by atoms with van der Waals surface area (Å²) in [6, 6.07) is 11.0. The van der Waals surface area contributed by atoms with Crippen molar-refractivity contribution in [1.29, 1.82) is 0 Å². The number of ether oxygens (including phenoxy) is 1. The molecule has 2 heterocycles. The van der Waals surface area contributed by atoms with Crippen molar-refractivity contribution in [2.24, 2.45) is 5.73 Å². The van der Waals surface area contributed by atoms with Gasteiger partial charge in [-0.1, -0.05) is 30.3 Å². The highest BCUT2D eigenvalue weighted by atomic mass is 16.5. The first-order valence-electron chi connectivity index (χ1n) is 7.89. The zero-order valence-electron chi connectivity index (χ0n) is 13.6. The molecule has 1 amide bonds. The Morgan fingerprint density at radius 3 is 2.50 bits per heavy atom. The SMILES string of the molecule is COc1ccnc(N2CCN(C(C(N)=O)c3ccccc3)CC2)n1. The molecule has 7 nitrogen and oxygen atoms in total. The summed E-state index contributed by atoms with van der Waals surface area (Å²) in [6.45, 7) is 2.87. The summed E-state index contributed by atoms with van der Waals surface area (Å²) >= 11 is 0. The Balaban J connectivity index is 1.70. The average Bonchev–Trinajstić information content (AvgIpc) is 2.63. The van der Waals surface area contributed by atoms with Gasteiger partial charge in [-0.05, 0) is 5.56 Å². The van der Waals surface area contributed by atoms with Crippen LogP contribution in [0.4, 0.5) is 5.95 Å². The number of methoxy groups -OCH3 is 1. The number of nitrogens with two attached hydrogens (primary N) is 1. The largest absolute Gasteiger partial charge is 0.481 e. The van der Waals surface area contributed by atoms with Crippen LogP contribution >= 0.6 is 0 Å². The molecule has 1 aromatic carbocycles. The number of amides is 1. The average molecular weight is 327 g/mol. The Hall–Kier alpha value is -2.67. The lowest BCUT2D eigenvalue weighted by molar-refractivity contribution is -0.123. The van der Waals surface area contributed by atoms with Gasteiger partial charge in [0, 0.05) is 38.4 Å². The first kappa shape index (κ1) is 16.2. The minimum absolute atomic E-state index is 0.327. The van der Waals surface area contributed by atoms with E-state index in [1.165, 1.54) is 0 Å². The van der Waals surface area contributed by atoms with Gasteiger partial charge in [0.1, 0.15) is 6.04 Å². The van der Waals surface area contributed by atoms with Gasteiger partial charge < -0.3 is 15.4 Å². The molecule has 1 unspecified atom stereocenters. The van der Waals surface area contributed by atoms with Gasteiger partial charge in [0.05, 0.1) is 7.11 Å². The van der Waals surface area contributed by atoms with Gasteiger partial charge >= 0.3 is 0 Å². The molecular formula is C17H21N5O2. The lowest BCUT2D eigenvalue weighted by Gasteiger charge is -2.38. The maximum atomic E-state index is 12.0. The van der Waals surface area contributed by atoms with E-state index in [9.17, 15) is 4.79 Å². The van der Waals surface area contributed by atoms with Crippen molar-refractivity contribution in [3.63, 3.8) is 0 Å². The number of aromatic nitrogens is 2. The van der Waals surface area contributed by atoms with Crippen LogP contribution in [0.2, 0.25) is 0 Å². The number of rotatable bonds is 5. The molecule has 1 aliphatic rings. The lowest BCUT2D eigenvalue weighted by atomic mass is 10.0. The Morgan fingerprint density at radius 2 is 1.88 bits per heavy atom. The van der Waals surface area contributed by atoms with E-state index in [0.717, 1.165) is 18.7 Å². The quantitative estimate of drug-likeness (QED) is 0.876. The standard InChI is InChI=1S/C17H21N5O2/c1-24-14-7-8-19-17(20-14)22-11-9-21(10-12-22)15(16(18)23)13-5-3-2-4-6-13/h2-8,15H,9-12H2,1H3,(H2,18,23). The van der Waals surface area contributed by atoms with Crippen LogP contribution in [0.15, 0.2) is 42.6 Å². The van der Waals surface area contributed by atoms with Gasteiger partial charge in [-0.3, -0.25) is 9.69 Å². The van der Waals surface area contributed by atoms with Crippen molar-refractivity contribution in [1.82, 2.24) is 14.9 Å². The maximum absolute atomic E-state index is 12.0. The maximum Gasteiger partial charge on any atom is 0.239 e. The number of anilines is 1. The molecule has 2 N–H and O–H groups in total. The predicted molar refractivity (Wildman–Crippen MR) is 90.7 cm³/mol. The number of primary amides is 1. The summed E-state index contributed by atoms with van der Waals surface area (Å²) in [5, 5.41) is 0. The van der Waals surface area contributed by atoms with E-state index in [1.54, 1.807) is 19.4 Å². The fourth-order valence-electron chi connectivity index (χ4n) is 2.97. The van der Waals surface area contributed by atoms with Gasteiger partial charge in [-0.2, -0.15) is 4.98 Å². The van der Waals surface area contributed by atoms with Crippen LogP contribution in [0.1, 0.15) is 11.6 Å². The minimum atomic E-state index is -0.403. The van der Waals surface area contributed by atoms with E-state index in [1.807, 2.05) is 30.3 Å². The zero-order valence-corrected chi connectivity index (χ0v) is 13.6. The lowest BCUT2D eigenvalue weighted by Crippen LogP contribution is -2.50. The second kappa shape index (κ2) is 7.27. The van der Waals surface area contributed by atoms with Crippen LogP contribution in [0.25, 0.3) is 0 Å². The van der Waals surface area contributed by atoms with E-state index in [0.29, 0.717) is 24.9 Å². The van der Waals surface area contributed by atoms with Crippen LogP contribution in [0, 0.1) is 0 Å². The van der Waals surface area contributed by atoms with Crippen LogP contribution in [0.5, 0.6) is 5.88 Å². The highest BCUT2D eigenvalue weighted by Gasteiger charge is 2.29.